The number of carbonyl (C=O) groups excluding carboxylic acids is 2. The summed E-state index contributed by atoms with van der Waals surface area (Å²) < 4.78 is 0. The van der Waals surface area contributed by atoms with Gasteiger partial charge in [-0.3, -0.25) is 14.5 Å². The van der Waals surface area contributed by atoms with Gasteiger partial charge in [0, 0.05) is 16.8 Å². The number of halogens is 1. The largest absolute Gasteiger partial charge is 0.353 e. The normalized spacial score (nSPS) is 12.1. The standard InChI is InChI=1S/C17H26ClN3O2/c1-5-13(4)19-16(22)10-21(6-2)11-17(23)20-15-9-14(18)8-7-12(15)3/h7-9,13H,5-6,10-11H2,1-4H3,(H,19,22)(H,20,23)/t13-/m0/s1. The quantitative estimate of drug-likeness (QED) is 0.765. The van der Waals surface area contributed by atoms with Crippen molar-refractivity contribution in [1.82, 2.24) is 10.2 Å². The van der Waals surface area contributed by atoms with Crippen molar-refractivity contribution in [3.8, 4) is 0 Å². The predicted octanol–water partition coefficient (Wildman–Crippen LogP) is 2.82. The number of nitrogens with one attached hydrogen (secondary N) is 2. The Morgan fingerprint density at radius 1 is 1.22 bits per heavy atom. The monoisotopic (exact) mass is 339 g/mol. The van der Waals surface area contributed by atoms with Gasteiger partial charge in [-0.05, 0) is 44.5 Å². The third-order valence-electron chi connectivity index (χ3n) is 3.68. The number of aryl methyl sites for hydroxylation is 1. The Morgan fingerprint density at radius 3 is 2.48 bits per heavy atom. The fraction of sp³-hybridized carbons (Fsp3) is 0.529. The molecule has 5 nitrogen and oxygen atoms in total. The second-order valence-corrected chi connectivity index (χ2v) is 6.12. The molecule has 0 radical (unpaired) electrons. The van der Waals surface area contributed by atoms with Crippen LogP contribution in [0.1, 0.15) is 32.8 Å². The van der Waals surface area contributed by atoms with E-state index in [2.05, 4.69) is 10.6 Å². The number of hydrogen-bond donors (Lipinski definition) is 2. The van der Waals surface area contributed by atoms with Gasteiger partial charge in [0.2, 0.25) is 11.8 Å². The number of rotatable bonds is 8. The molecule has 0 bridgehead atoms. The zero-order valence-electron chi connectivity index (χ0n) is 14.3. The first-order valence-corrected chi connectivity index (χ1v) is 8.31. The highest BCUT2D eigenvalue weighted by molar-refractivity contribution is 6.31. The molecule has 1 atom stereocenters. The van der Waals surface area contributed by atoms with Gasteiger partial charge >= 0.3 is 0 Å². The van der Waals surface area contributed by atoms with E-state index in [0.717, 1.165) is 12.0 Å². The van der Waals surface area contributed by atoms with Crippen molar-refractivity contribution in [2.75, 3.05) is 25.0 Å². The SMILES string of the molecule is CC[C@H](C)NC(=O)CN(CC)CC(=O)Nc1cc(Cl)ccc1C. The van der Waals surface area contributed by atoms with Crippen LogP contribution in [-0.4, -0.2) is 42.4 Å². The van der Waals surface area contributed by atoms with Crippen LogP contribution >= 0.6 is 11.6 Å². The minimum absolute atomic E-state index is 0.0621. The molecule has 0 aromatic heterocycles. The van der Waals surface area contributed by atoms with Crippen LogP contribution in [0.5, 0.6) is 0 Å². The van der Waals surface area contributed by atoms with Gasteiger partial charge in [-0.15, -0.1) is 0 Å². The number of nitrogens with zero attached hydrogens (tertiary/aromatic N) is 1. The second-order valence-electron chi connectivity index (χ2n) is 5.69. The summed E-state index contributed by atoms with van der Waals surface area (Å²) in [5.41, 5.74) is 1.64. The molecule has 2 N–H and O–H groups in total. The Bertz CT molecular complexity index is 549. The molecule has 6 heteroatoms. The number of carbonyl (C=O) groups is 2. The van der Waals surface area contributed by atoms with Crippen LogP contribution in [-0.2, 0) is 9.59 Å². The van der Waals surface area contributed by atoms with Gasteiger partial charge in [-0.1, -0.05) is 31.5 Å². The lowest BCUT2D eigenvalue weighted by atomic mass is 10.2. The van der Waals surface area contributed by atoms with Crippen LogP contribution in [0.3, 0.4) is 0 Å². The molecule has 0 unspecified atom stereocenters. The number of likely N-dealkylation sites (N-methyl/N-ethyl adjacent to an activating group) is 1. The lowest BCUT2D eigenvalue weighted by Crippen LogP contribution is -2.43. The minimum Gasteiger partial charge on any atom is -0.353 e. The zero-order chi connectivity index (χ0) is 17.4. The summed E-state index contributed by atoms with van der Waals surface area (Å²) in [5.74, 6) is -0.221. The van der Waals surface area contributed by atoms with E-state index in [9.17, 15) is 9.59 Å². The lowest BCUT2D eigenvalue weighted by Gasteiger charge is -2.21. The van der Waals surface area contributed by atoms with Crippen LogP contribution in [0.4, 0.5) is 5.69 Å². The Labute approximate surface area is 143 Å². The molecular formula is C17H26ClN3O2. The molecular weight excluding hydrogens is 314 g/mol. The Kier molecular flexibility index (Phi) is 8.06. The molecule has 128 valence electrons. The molecule has 0 aliphatic rings. The lowest BCUT2D eigenvalue weighted by molar-refractivity contribution is -0.123. The molecule has 1 aromatic rings. The average Bonchev–Trinajstić information content (AvgIpc) is 2.49. The van der Waals surface area contributed by atoms with E-state index in [4.69, 9.17) is 11.6 Å². The number of benzene rings is 1. The summed E-state index contributed by atoms with van der Waals surface area (Å²) in [5, 5.41) is 6.32. The summed E-state index contributed by atoms with van der Waals surface area (Å²) >= 11 is 5.95. The van der Waals surface area contributed by atoms with Gasteiger partial charge in [0.1, 0.15) is 0 Å². The molecule has 0 spiro atoms. The first-order valence-electron chi connectivity index (χ1n) is 7.93. The van der Waals surface area contributed by atoms with E-state index in [1.807, 2.05) is 33.8 Å². The van der Waals surface area contributed by atoms with Crippen molar-refractivity contribution in [2.45, 2.75) is 40.2 Å². The molecule has 0 heterocycles. The topological polar surface area (TPSA) is 61.4 Å². The molecule has 0 aliphatic heterocycles. The summed E-state index contributed by atoms with van der Waals surface area (Å²) in [6, 6.07) is 5.50. The fourth-order valence-electron chi connectivity index (χ4n) is 2.03. The van der Waals surface area contributed by atoms with Crippen LogP contribution in [0.2, 0.25) is 5.02 Å². The molecule has 2 amide bonds. The van der Waals surface area contributed by atoms with Crippen molar-refractivity contribution in [2.24, 2.45) is 0 Å². The third kappa shape index (κ3) is 7.01. The third-order valence-corrected chi connectivity index (χ3v) is 3.91. The zero-order valence-corrected chi connectivity index (χ0v) is 15.0. The molecule has 0 aliphatic carbocycles. The van der Waals surface area contributed by atoms with E-state index >= 15 is 0 Å². The van der Waals surface area contributed by atoms with E-state index in [1.54, 1.807) is 17.0 Å². The summed E-state index contributed by atoms with van der Waals surface area (Å²) in [7, 11) is 0. The van der Waals surface area contributed by atoms with E-state index < -0.39 is 0 Å². The average molecular weight is 340 g/mol. The molecule has 0 saturated heterocycles. The highest BCUT2D eigenvalue weighted by atomic mass is 35.5. The highest BCUT2D eigenvalue weighted by Gasteiger charge is 2.15. The van der Waals surface area contributed by atoms with E-state index in [-0.39, 0.29) is 30.9 Å². The van der Waals surface area contributed by atoms with Crippen molar-refractivity contribution < 1.29 is 9.59 Å². The van der Waals surface area contributed by atoms with Gasteiger partial charge in [-0.2, -0.15) is 0 Å². The van der Waals surface area contributed by atoms with Gasteiger partial charge in [-0.25, -0.2) is 0 Å². The maximum Gasteiger partial charge on any atom is 0.238 e. The van der Waals surface area contributed by atoms with Gasteiger partial charge < -0.3 is 10.6 Å². The van der Waals surface area contributed by atoms with Gasteiger partial charge in [0.25, 0.3) is 0 Å². The summed E-state index contributed by atoms with van der Waals surface area (Å²) in [4.78, 5) is 25.9. The van der Waals surface area contributed by atoms with Crippen molar-refractivity contribution >= 4 is 29.1 Å². The highest BCUT2D eigenvalue weighted by Crippen LogP contribution is 2.20. The maximum absolute atomic E-state index is 12.2. The Balaban J connectivity index is 2.56. The fourth-order valence-corrected chi connectivity index (χ4v) is 2.20. The van der Waals surface area contributed by atoms with Crippen LogP contribution < -0.4 is 10.6 Å². The predicted molar refractivity (Wildman–Crippen MR) is 94.8 cm³/mol. The smallest absolute Gasteiger partial charge is 0.238 e. The maximum atomic E-state index is 12.2. The number of anilines is 1. The number of hydrogen-bond acceptors (Lipinski definition) is 3. The van der Waals surface area contributed by atoms with Crippen molar-refractivity contribution in [3.05, 3.63) is 28.8 Å². The molecule has 1 aromatic carbocycles. The van der Waals surface area contributed by atoms with Gasteiger partial charge in [0.15, 0.2) is 0 Å². The van der Waals surface area contributed by atoms with E-state index in [1.165, 1.54) is 0 Å². The van der Waals surface area contributed by atoms with Crippen molar-refractivity contribution in [3.63, 3.8) is 0 Å². The van der Waals surface area contributed by atoms with Crippen LogP contribution in [0.25, 0.3) is 0 Å². The molecule has 23 heavy (non-hydrogen) atoms. The minimum atomic E-state index is -0.159. The van der Waals surface area contributed by atoms with E-state index in [0.29, 0.717) is 17.3 Å². The summed E-state index contributed by atoms with van der Waals surface area (Å²) in [6.45, 7) is 8.80. The second kappa shape index (κ2) is 9.53. The van der Waals surface area contributed by atoms with Gasteiger partial charge in [0.05, 0.1) is 13.1 Å². The Morgan fingerprint density at radius 2 is 1.87 bits per heavy atom. The molecule has 0 fully saturated rings. The van der Waals surface area contributed by atoms with Crippen LogP contribution in [0, 0.1) is 6.92 Å². The first-order chi connectivity index (χ1) is 10.8. The van der Waals surface area contributed by atoms with Crippen molar-refractivity contribution in [1.29, 1.82) is 0 Å². The first kappa shape index (κ1) is 19.5. The molecule has 0 saturated carbocycles. The van der Waals surface area contributed by atoms with Crippen LogP contribution in [0.15, 0.2) is 18.2 Å². The number of amides is 2. The Hall–Kier alpha value is -1.59. The summed E-state index contributed by atoms with van der Waals surface area (Å²) in [6.07, 6.45) is 0.881. The molecule has 1 rings (SSSR count).